The van der Waals surface area contributed by atoms with Crippen molar-refractivity contribution in [2.45, 2.75) is 6.16 Å². The van der Waals surface area contributed by atoms with Gasteiger partial charge < -0.3 is 0 Å². The van der Waals surface area contributed by atoms with Gasteiger partial charge in [0, 0.05) is 6.16 Å². The van der Waals surface area contributed by atoms with Gasteiger partial charge in [0.05, 0.1) is 0 Å². The molecule has 0 saturated heterocycles. The standard InChI is InChI=1S/C9H9P2S2.Li/c12-10-6-5-8-1-3-9(4-2-8)7-11-13;/h1-5H,6-7H2;/q-1;+1. The molecule has 1 aromatic carbocycles. The van der Waals surface area contributed by atoms with E-state index >= 15 is 0 Å². The molecular formula is C9H9LiP2S2. The van der Waals surface area contributed by atoms with E-state index in [2.05, 4.69) is 30.7 Å². The Morgan fingerprint density at radius 2 is 1.71 bits per heavy atom. The van der Waals surface area contributed by atoms with E-state index in [0.29, 0.717) is 0 Å². The van der Waals surface area contributed by atoms with Crippen LogP contribution in [0.5, 0.6) is 0 Å². The summed E-state index contributed by atoms with van der Waals surface area (Å²) in [7, 11) is 2.02. The van der Waals surface area contributed by atoms with Crippen molar-refractivity contribution in [1.82, 2.24) is 0 Å². The largest absolute Gasteiger partial charge is 1.00 e. The van der Waals surface area contributed by atoms with Gasteiger partial charge in [0.25, 0.3) is 0 Å². The van der Waals surface area contributed by atoms with Crippen LogP contribution < -0.4 is 18.9 Å². The molecule has 14 heavy (non-hydrogen) atoms. The van der Waals surface area contributed by atoms with E-state index in [4.69, 9.17) is 23.6 Å². The van der Waals surface area contributed by atoms with Gasteiger partial charge in [-0.1, -0.05) is 29.2 Å². The Balaban J connectivity index is 0.00000169. The average Bonchev–Trinajstić information content (AvgIpc) is 2.17. The molecule has 0 aromatic heterocycles. The summed E-state index contributed by atoms with van der Waals surface area (Å²) in [5.74, 6) is 0. The minimum Gasteiger partial charge on any atom is -0.191 e. The summed E-state index contributed by atoms with van der Waals surface area (Å²) in [6.45, 7) is 0. The van der Waals surface area contributed by atoms with Crippen LogP contribution in [0.4, 0.5) is 0 Å². The molecule has 0 aliphatic rings. The van der Waals surface area contributed by atoms with Gasteiger partial charge in [-0.3, -0.25) is 0 Å². The number of hydrogen-bond acceptors (Lipinski definition) is 2. The van der Waals surface area contributed by atoms with E-state index in [1.165, 1.54) is 11.1 Å². The van der Waals surface area contributed by atoms with Crippen LogP contribution in [0.1, 0.15) is 11.1 Å². The molecule has 1 aromatic rings. The molecule has 0 nitrogen and oxygen atoms in total. The monoisotopic (exact) mass is 250 g/mol. The molecular weight excluding hydrogens is 241 g/mol. The summed E-state index contributed by atoms with van der Waals surface area (Å²) < 4.78 is 0. The first kappa shape index (κ1) is 14.7. The van der Waals surface area contributed by atoms with Gasteiger partial charge in [0.2, 0.25) is 0 Å². The fraction of sp³-hybridized carbons (Fsp3) is 0.222. The van der Waals surface area contributed by atoms with E-state index in [9.17, 15) is 0 Å². The van der Waals surface area contributed by atoms with Crippen molar-refractivity contribution in [3.05, 3.63) is 41.8 Å². The first-order valence-electron chi connectivity index (χ1n) is 3.87. The predicted molar refractivity (Wildman–Crippen MR) is 67.0 cm³/mol. The Labute approximate surface area is 111 Å². The molecule has 0 heterocycles. The van der Waals surface area contributed by atoms with E-state index in [0.717, 1.165) is 27.0 Å². The molecule has 5 heteroatoms. The Hall–Kier alpha value is 0.727. The van der Waals surface area contributed by atoms with Crippen molar-refractivity contribution in [2.24, 2.45) is 0 Å². The van der Waals surface area contributed by atoms with E-state index in [1.807, 2.05) is 0 Å². The van der Waals surface area contributed by atoms with E-state index < -0.39 is 0 Å². The zero-order valence-corrected chi connectivity index (χ0v) is 11.4. The normalized spacial score (nSPS) is 9.71. The average molecular weight is 250 g/mol. The van der Waals surface area contributed by atoms with Crippen molar-refractivity contribution >= 4 is 38.3 Å². The summed E-state index contributed by atoms with van der Waals surface area (Å²) in [6.07, 6.45) is 4.08. The Bertz CT molecular complexity index is 287. The summed E-state index contributed by atoms with van der Waals surface area (Å²) in [5, 5.41) is 0. The van der Waals surface area contributed by atoms with Crippen LogP contribution in [0.25, 0.3) is 0 Å². The third kappa shape index (κ3) is 5.57. The predicted octanol–water partition coefficient (Wildman–Crippen LogP) is 0.559. The Morgan fingerprint density at radius 3 is 2.21 bits per heavy atom. The number of hydrogen-bond donors (Lipinski definition) is 0. The maximum Gasteiger partial charge on any atom is 1.00 e. The molecule has 0 unspecified atom stereocenters. The van der Waals surface area contributed by atoms with Crippen LogP contribution in [-0.4, -0.2) is 6.16 Å². The quantitative estimate of drug-likeness (QED) is 0.425. The molecule has 0 radical (unpaired) electrons. The first-order valence-corrected chi connectivity index (χ1v) is 8.06. The molecule has 0 bridgehead atoms. The first-order chi connectivity index (χ1) is 6.36. The topological polar surface area (TPSA) is 0 Å². The summed E-state index contributed by atoms with van der Waals surface area (Å²) in [5.41, 5.74) is 2.56. The molecule has 0 spiro atoms. The third-order valence-corrected chi connectivity index (χ3v) is 3.29. The number of rotatable bonds is 5. The molecule has 0 N–H and O–H groups in total. The van der Waals surface area contributed by atoms with Crippen LogP contribution >= 0.6 is 14.7 Å². The van der Waals surface area contributed by atoms with Crippen molar-refractivity contribution in [3.8, 4) is 0 Å². The molecule has 0 aliphatic heterocycles. The van der Waals surface area contributed by atoms with Crippen LogP contribution in [0.2, 0.25) is 0 Å². The van der Waals surface area contributed by atoms with Gasteiger partial charge >= 0.3 is 18.9 Å². The minimum atomic E-state index is 0. The summed E-state index contributed by atoms with van der Waals surface area (Å²) in [4.78, 5) is 0. The summed E-state index contributed by atoms with van der Waals surface area (Å²) >= 11 is 9.73. The van der Waals surface area contributed by atoms with Gasteiger partial charge in [-0.15, -0.1) is 12.1 Å². The van der Waals surface area contributed by atoms with Crippen LogP contribution in [0.3, 0.4) is 0 Å². The minimum absolute atomic E-state index is 0. The van der Waals surface area contributed by atoms with Crippen molar-refractivity contribution in [1.29, 1.82) is 0 Å². The van der Waals surface area contributed by atoms with Gasteiger partial charge in [-0.05, 0) is 20.9 Å². The maximum absolute atomic E-state index is 4.89. The zero-order chi connectivity index (χ0) is 9.52. The molecule has 68 valence electrons. The van der Waals surface area contributed by atoms with E-state index in [-0.39, 0.29) is 18.9 Å². The molecule has 1 rings (SSSR count). The fourth-order valence-corrected chi connectivity index (χ4v) is 2.29. The van der Waals surface area contributed by atoms with Gasteiger partial charge in [0.1, 0.15) is 0 Å². The van der Waals surface area contributed by atoms with Gasteiger partial charge in [0.15, 0.2) is 0 Å². The molecule has 0 aliphatic carbocycles. The third-order valence-electron chi connectivity index (χ3n) is 1.63. The van der Waals surface area contributed by atoms with Crippen molar-refractivity contribution < 1.29 is 18.9 Å². The molecule has 0 atom stereocenters. The Kier molecular flexibility index (Phi) is 9.46. The van der Waals surface area contributed by atoms with Crippen LogP contribution in [-0.2, 0) is 29.8 Å². The second-order valence-electron chi connectivity index (χ2n) is 2.54. The second-order valence-corrected chi connectivity index (χ2v) is 5.29. The molecule has 0 fully saturated rings. The summed E-state index contributed by atoms with van der Waals surface area (Å²) in [6, 6.07) is 8.50. The SMILES string of the molecule is S=PC[CH-]c1ccc(CP=S)cc1.[Li+]. The Morgan fingerprint density at radius 1 is 1.07 bits per heavy atom. The van der Waals surface area contributed by atoms with E-state index in [1.54, 1.807) is 0 Å². The van der Waals surface area contributed by atoms with Crippen LogP contribution in [0.15, 0.2) is 24.3 Å². The smallest absolute Gasteiger partial charge is 0.191 e. The zero-order valence-electron chi connectivity index (χ0n) is 8.01. The number of benzene rings is 1. The fourth-order valence-electron chi connectivity index (χ4n) is 0.976. The van der Waals surface area contributed by atoms with Gasteiger partial charge in [-0.25, -0.2) is 0 Å². The second kappa shape index (κ2) is 8.99. The maximum atomic E-state index is 4.89. The van der Waals surface area contributed by atoms with Crippen molar-refractivity contribution in [2.75, 3.05) is 6.16 Å². The molecule has 0 saturated carbocycles. The van der Waals surface area contributed by atoms with Gasteiger partial charge in [-0.2, -0.15) is 24.1 Å². The molecule has 0 amide bonds. The van der Waals surface area contributed by atoms with Crippen molar-refractivity contribution in [3.63, 3.8) is 0 Å². The van der Waals surface area contributed by atoms with Crippen LogP contribution in [0, 0.1) is 6.42 Å².